The van der Waals surface area contributed by atoms with Gasteiger partial charge in [0.25, 0.3) is 0 Å². The molecule has 0 bridgehead atoms. The molecule has 0 amide bonds. The van der Waals surface area contributed by atoms with Crippen LogP contribution in [-0.2, 0) is 4.57 Å². The zero-order valence-corrected chi connectivity index (χ0v) is 7.37. The van der Waals surface area contributed by atoms with Crippen LogP contribution in [-0.4, -0.2) is 0 Å². The maximum atomic E-state index is 11.7. The van der Waals surface area contributed by atoms with E-state index in [9.17, 15) is 4.57 Å². The zero-order valence-electron chi connectivity index (χ0n) is 6.47. The molecule has 0 aromatic carbocycles. The predicted molar refractivity (Wildman–Crippen MR) is 48.5 cm³/mol. The van der Waals surface area contributed by atoms with Gasteiger partial charge >= 0.3 is 7.80 Å². The molecule has 10 radical (unpaired) electrons. The molecule has 2 heteroatoms. The van der Waals surface area contributed by atoms with Crippen molar-refractivity contribution in [3.63, 3.8) is 0 Å². The number of hydrogen-bond acceptors (Lipinski definition) is 1. The maximum absolute atomic E-state index is 11.7. The van der Waals surface area contributed by atoms with E-state index in [2.05, 4.69) is 0 Å². The molecule has 2 fully saturated rings. The van der Waals surface area contributed by atoms with Gasteiger partial charge in [0.1, 0.15) is 0 Å². The van der Waals surface area contributed by atoms with Crippen LogP contribution in [0.25, 0.3) is 0 Å². The Hall–Kier alpha value is 0.100. The summed E-state index contributed by atoms with van der Waals surface area (Å²) in [5.74, 6) is 0. The van der Waals surface area contributed by atoms with E-state index in [0.29, 0.717) is 0 Å². The Labute approximate surface area is 75.7 Å². The van der Waals surface area contributed by atoms with Crippen molar-refractivity contribution >= 4 is 7.80 Å². The third-order valence-corrected chi connectivity index (χ3v) is 3.29. The molecule has 2 saturated carbocycles. The first kappa shape index (κ1) is 8.69. The van der Waals surface area contributed by atoms with Gasteiger partial charge in [-0.25, -0.2) is 0 Å². The first-order valence-electron chi connectivity index (χ1n) is 3.78. The van der Waals surface area contributed by atoms with Gasteiger partial charge in [0.05, 0.1) is 0 Å². The van der Waals surface area contributed by atoms with Crippen molar-refractivity contribution < 1.29 is 4.57 Å². The Kier molecular flexibility index (Phi) is 2.80. The molecule has 0 N–H and O–H groups in total. The molecule has 0 aromatic rings. The molecule has 2 aliphatic rings. The fraction of sp³-hybridized carbons (Fsp3) is 0. The standard InChI is InChI=1S/C10H8OP/c11-12(9-5-1-2-6-9)10-7-3-4-8-10/h1-8H/q+1. The largest absolute Gasteiger partial charge is 0.362 e. The Bertz CT molecular complexity index is 149. The van der Waals surface area contributed by atoms with E-state index in [4.69, 9.17) is 0 Å². The summed E-state index contributed by atoms with van der Waals surface area (Å²) in [7, 11) is -1.35. The van der Waals surface area contributed by atoms with Crippen molar-refractivity contribution in [3.8, 4) is 0 Å². The second-order valence-electron chi connectivity index (χ2n) is 2.58. The van der Waals surface area contributed by atoms with Crippen molar-refractivity contribution in [2.24, 2.45) is 0 Å². The van der Waals surface area contributed by atoms with Gasteiger partial charge < -0.3 is 0 Å². The second kappa shape index (κ2) is 3.87. The van der Waals surface area contributed by atoms with E-state index >= 15 is 0 Å². The minimum Gasteiger partial charge on any atom is -0.0731 e. The molecule has 12 heavy (non-hydrogen) atoms. The molecule has 0 aromatic heterocycles. The molecule has 0 saturated heterocycles. The van der Waals surface area contributed by atoms with Gasteiger partial charge in [-0.3, -0.25) is 0 Å². The van der Waals surface area contributed by atoms with Crippen molar-refractivity contribution in [2.75, 3.05) is 0 Å². The van der Waals surface area contributed by atoms with Crippen molar-refractivity contribution in [3.05, 3.63) is 62.7 Å². The summed E-state index contributed by atoms with van der Waals surface area (Å²) in [6.45, 7) is 0. The molecule has 58 valence electrons. The highest BCUT2D eigenvalue weighted by molar-refractivity contribution is 7.52. The fourth-order valence-electron chi connectivity index (χ4n) is 1.15. The van der Waals surface area contributed by atoms with Gasteiger partial charge in [-0.15, -0.1) is 0 Å². The average molecular weight is 175 g/mol. The second-order valence-corrected chi connectivity index (χ2v) is 4.20. The molecule has 0 atom stereocenters. The lowest BCUT2D eigenvalue weighted by Gasteiger charge is -1.96. The van der Waals surface area contributed by atoms with Crippen LogP contribution < -0.4 is 0 Å². The lowest BCUT2D eigenvalue weighted by atomic mass is 10.4. The highest BCUT2D eigenvalue weighted by Gasteiger charge is 2.45. The van der Waals surface area contributed by atoms with E-state index in [1.54, 1.807) is 0 Å². The maximum Gasteiger partial charge on any atom is 0.362 e. The summed E-state index contributed by atoms with van der Waals surface area (Å²) in [4.78, 5) is 0. The number of hydrogen-bond donors (Lipinski definition) is 0. The van der Waals surface area contributed by atoms with Crippen LogP contribution in [0.1, 0.15) is 0 Å². The van der Waals surface area contributed by atoms with Crippen molar-refractivity contribution in [1.82, 2.24) is 0 Å². The van der Waals surface area contributed by atoms with Crippen molar-refractivity contribution in [1.29, 1.82) is 0 Å². The van der Waals surface area contributed by atoms with Crippen LogP contribution in [0.15, 0.2) is 0 Å². The zero-order chi connectivity index (χ0) is 8.39. The van der Waals surface area contributed by atoms with Crippen LogP contribution in [0.4, 0.5) is 0 Å². The van der Waals surface area contributed by atoms with Gasteiger partial charge in [0.2, 0.25) is 11.3 Å². The summed E-state index contributed by atoms with van der Waals surface area (Å²) >= 11 is 0. The van der Waals surface area contributed by atoms with Crippen LogP contribution in [0, 0.1) is 62.7 Å². The van der Waals surface area contributed by atoms with Gasteiger partial charge in [-0.2, -0.15) is 0 Å². The molecule has 2 rings (SSSR count). The lowest BCUT2D eigenvalue weighted by molar-refractivity contribution is 0.591. The van der Waals surface area contributed by atoms with E-state index in [0.717, 1.165) is 11.3 Å². The van der Waals surface area contributed by atoms with Gasteiger partial charge in [-0.1, -0.05) is 4.57 Å². The quantitative estimate of drug-likeness (QED) is 0.589. The van der Waals surface area contributed by atoms with Gasteiger partial charge in [0, 0.05) is 25.7 Å². The summed E-state index contributed by atoms with van der Waals surface area (Å²) in [6.07, 6.45) is 15.2. The summed E-state index contributed by atoms with van der Waals surface area (Å²) in [5, 5.41) is 0. The number of rotatable bonds is 2. The monoisotopic (exact) mass is 175 g/mol. The topological polar surface area (TPSA) is 17.1 Å². The fourth-order valence-corrected chi connectivity index (χ4v) is 2.33. The van der Waals surface area contributed by atoms with Crippen LogP contribution in [0.3, 0.4) is 0 Å². The normalized spacial score (nSPS) is 26.7. The molecule has 0 heterocycles. The molecule has 1 nitrogen and oxygen atoms in total. The Morgan fingerprint density at radius 3 is 1.42 bits per heavy atom. The molecule has 2 aliphatic carbocycles. The minimum absolute atomic E-state index is 0.913. The molecule has 0 unspecified atom stereocenters. The van der Waals surface area contributed by atoms with E-state index in [-0.39, 0.29) is 0 Å². The van der Waals surface area contributed by atoms with Crippen LogP contribution in [0.2, 0.25) is 0 Å². The molecular weight excluding hydrogens is 167 g/mol. The summed E-state index contributed by atoms with van der Waals surface area (Å²) in [5.41, 5.74) is 1.83. The van der Waals surface area contributed by atoms with Crippen LogP contribution >= 0.6 is 7.80 Å². The highest BCUT2D eigenvalue weighted by atomic mass is 31.1. The first-order chi connectivity index (χ1) is 5.88. The van der Waals surface area contributed by atoms with Gasteiger partial charge in [-0.05, 0) is 25.7 Å². The van der Waals surface area contributed by atoms with E-state index < -0.39 is 7.80 Å². The first-order valence-corrected chi connectivity index (χ1v) is 5.04. The smallest absolute Gasteiger partial charge is 0.0731 e. The summed E-state index contributed by atoms with van der Waals surface area (Å²) in [6, 6.07) is 0. The van der Waals surface area contributed by atoms with Crippen molar-refractivity contribution in [2.45, 2.75) is 0 Å². The minimum atomic E-state index is -1.35. The van der Waals surface area contributed by atoms with Crippen LogP contribution in [0.5, 0.6) is 0 Å². The Balaban J connectivity index is 1.89. The Morgan fingerprint density at radius 2 is 1.08 bits per heavy atom. The van der Waals surface area contributed by atoms with Gasteiger partial charge in [0.15, 0.2) is 0 Å². The lowest BCUT2D eigenvalue weighted by Crippen LogP contribution is -1.92. The molecule has 0 spiro atoms. The van der Waals surface area contributed by atoms with E-state index in [1.165, 1.54) is 0 Å². The third kappa shape index (κ3) is 1.71. The molecular formula is C10H8OP+. The summed E-state index contributed by atoms with van der Waals surface area (Å²) < 4.78 is 11.7. The predicted octanol–water partition coefficient (Wildman–Crippen LogP) is 2.54. The Morgan fingerprint density at radius 1 is 0.750 bits per heavy atom. The SMILES string of the molecule is O=[P+]([C]1[CH][CH][CH][CH]1)[C]1[CH][CH][CH][CH]1. The van der Waals surface area contributed by atoms with E-state index in [1.807, 2.05) is 51.4 Å². The highest BCUT2D eigenvalue weighted by Crippen LogP contribution is 2.55. The molecule has 0 aliphatic heterocycles. The average Bonchev–Trinajstić information content (AvgIpc) is 2.77. The third-order valence-electron chi connectivity index (χ3n) is 1.76.